The zero-order valence-electron chi connectivity index (χ0n) is 12.9. The van der Waals surface area contributed by atoms with Gasteiger partial charge in [-0.05, 0) is 18.4 Å². The van der Waals surface area contributed by atoms with Crippen molar-refractivity contribution >= 4 is 23.6 Å². The van der Waals surface area contributed by atoms with E-state index in [4.69, 9.17) is 4.74 Å². The normalized spacial score (nSPS) is 23.6. The summed E-state index contributed by atoms with van der Waals surface area (Å²) < 4.78 is 5.38. The summed E-state index contributed by atoms with van der Waals surface area (Å²) in [7, 11) is 0. The summed E-state index contributed by atoms with van der Waals surface area (Å²) in [5.41, 5.74) is 1.36. The lowest BCUT2D eigenvalue weighted by Crippen LogP contribution is -2.59. The molecule has 2 atom stereocenters. The van der Waals surface area contributed by atoms with Crippen LogP contribution in [0.1, 0.15) is 26.3 Å². The number of carbonyl (C=O) groups excluding carboxylic acids is 2. The third kappa shape index (κ3) is 2.43. The maximum Gasteiger partial charge on any atom is 0.356 e. The van der Waals surface area contributed by atoms with Crippen LogP contribution in [0, 0.1) is 11.8 Å². The molecule has 1 amide bonds. The van der Waals surface area contributed by atoms with E-state index in [1.54, 1.807) is 16.7 Å². The first-order valence-corrected chi connectivity index (χ1v) is 8.30. The second-order valence-corrected chi connectivity index (χ2v) is 7.28. The molecule has 1 fully saturated rings. The van der Waals surface area contributed by atoms with Gasteiger partial charge in [-0.2, -0.15) is 0 Å². The number of hydrogen-bond acceptors (Lipinski definition) is 4. The SMILES string of the molecule is CC1=C(C(=O)OCc2ccccc2)N2C(=O)C(C(C)C)[C@H]2S1. The monoisotopic (exact) mass is 317 g/mol. The maximum atomic E-state index is 12.4. The number of carbonyl (C=O) groups is 2. The van der Waals surface area contributed by atoms with Gasteiger partial charge in [0.05, 0.1) is 11.3 Å². The summed E-state index contributed by atoms with van der Waals surface area (Å²) in [6, 6.07) is 9.54. The number of amides is 1. The number of ether oxygens (including phenoxy) is 1. The standard InChI is InChI=1S/C17H19NO3S/c1-10(2)13-15(19)18-14(11(3)22-16(13)18)17(20)21-9-12-7-5-4-6-8-12/h4-8,10,13,16H,9H2,1-3H3/t13?,16-/m1/s1. The van der Waals surface area contributed by atoms with Gasteiger partial charge in [0.1, 0.15) is 12.3 Å². The molecule has 22 heavy (non-hydrogen) atoms. The zero-order valence-corrected chi connectivity index (χ0v) is 13.7. The van der Waals surface area contributed by atoms with Crippen LogP contribution >= 0.6 is 11.8 Å². The molecule has 1 aromatic rings. The van der Waals surface area contributed by atoms with Gasteiger partial charge in [0, 0.05) is 4.91 Å². The fourth-order valence-corrected chi connectivity index (χ4v) is 4.45. The minimum atomic E-state index is -0.410. The van der Waals surface area contributed by atoms with Crippen molar-refractivity contribution in [2.75, 3.05) is 0 Å². The minimum absolute atomic E-state index is 0.000580. The second-order valence-electron chi connectivity index (χ2n) is 5.95. The first kappa shape index (κ1) is 15.2. The molecule has 2 heterocycles. The number of β-lactam (4-membered cyclic amide) rings is 1. The van der Waals surface area contributed by atoms with E-state index in [-0.39, 0.29) is 29.7 Å². The van der Waals surface area contributed by atoms with Gasteiger partial charge in [-0.25, -0.2) is 4.79 Å². The van der Waals surface area contributed by atoms with E-state index in [1.165, 1.54) is 0 Å². The first-order chi connectivity index (χ1) is 10.5. The Morgan fingerprint density at radius 2 is 2.00 bits per heavy atom. The fourth-order valence-electron chi connectivity index (χ4n) is 2.90. The molecule has 4 nitrogen and oxygen atoms in total. The van der Waals surface area contributed by atoms with Crippen LogP contribution < -0.4 is 0 Å². The molecule has 0 radical (unpaired) electrons. The fraction of sp³-hybridized carbons (Fsp3) is 0.412. The Morgan fingerprint density at radius 1 is 1.32 bits per heavy atom. The molecule has 1 aromatic carbocycles. The summed E-state index contributed by atoms with van der Waals surface area (Å²) in [4.78, 5) is 27.1. The Kier molecular flexibility index (Phi) is 4.00. The highest BCUT2D eigenvalue weighted by molar-refractivity contribution is 8.04. The van der Waals surface area contributed by atoms with Gasteiger partial charge in [-0.1, -0.05) is 44.2 Å². The first-order valence-electron chi connectivity index (χ1n) is 7.42. The van der Waals surface area contributed by atoms with E-state index in [0.29, 0.717) is 5.70 Å². The van der Waals surface area contributed by atoms with Crippen molar-refractivity contribution in [2.24, 2.45) is 11.8 Å². The molecule has 116 valence electrons. The number of thioether (sulfide) groups is 1. The van der Waals surface area contributed by atoms with E-state index in [2.05, 4.69) is 0 Å². The van der Waals surface area contributed by atoms with Crippen LogP contribution in [0.15, 0.2) is 40.9 Å². The van der Waals surface area contributed by atoms with Crippen molar-refractivity contribution in [3.63, 3.8) is 0 Å². The molecule has 2 aliphatic heterocycles. The highest BCUT2D eigenvalue weighted by Gasteiger charge is 2.56. The zero-order chi connectivity index (χ0) is 15.9. The number of benzene rings is 1. The van der Waals surface area contributed by atoms with Gasteiger partial charge in [0.2, 0.25) is 5.91 Å². The van der Waals surface area contributed by atoms with Crippen molar-refractivity contribution in [3.8, 4) is 0 Å². The molecular weight excluding hydrogens is 298 g/mol. The van der Waals surface area contributed by atoms with Crippen molar-refractivity contribution in [1.82, 2.24) is 4.90 Å². The lowest BCUT2D eigenvalue weighted by Gasteiger charge is -2.44. The lowest BCUT2D eigenvalue weighted by molar-refractivity contribution is -0.156. The second kappa shape index (κ2) is 5.80. The molecule has 0 N–H and O–H groups in total. The topological polar surface area (TPSA) is 46.6 Å². The largest absolute Gasteiger partial charge is 0.456 e. The summed E-state index contributed by atoms with van der Waals surface area (Å²) in [6.07, 6.45) is 0. The van der Waals surface area contributed by atoms with Crippen LogP contribution in [-0.2, 0) is 20.9 Å². The average Bonchev–Trinajstić information content (AvgIpc) is 2.78. The van der Waals surface area contributed by atoms with Crippen LogP contribution in [0.5, 0.6) is 0 Å². The predicted octanol–water partition coefficient (Wildman–Crippen LogP) is 3.15. The summed E-state index contributed by atoms with van der Waals surface area (Å²) in [6.45, 7) is 6.19. The Labute approximate surface area is 134 Å². The number of fused-ring (bicyclic) bond motifs is 1. The van der Waals surface area contributed by atoms with Gasteiger partial charge in [0.25, 0.3) is 0 Å². The van der Waals surface area contributed by atoms with Crippen molar-refractivity contribution in [1.29, 1.82) is 0 Å². The van der Waals surface area contributed by atoms with E-state index in [1.807, 2.05) is 51.1 Å². The van der Waals surface area contributed by atoms with Gasteiger partial charge in [0.15, 0.2) is 0 Å². The third-order valence-electron chi connectivity index (χ3n) is 4.08. The van der Waals surface area contributed by atoms with Gasteiger partial charge >= 0.3 is 5.97 Å². The highest BCUT2D eigenvalue weighted by Crippen LogP contribution is 2.51. The summed E-state index contributed by atoms with van der Waals surface area (Å²) in [5.74, 6) is -0.0870. The molecule has 3 rings (SSSR count). The molecule has 0 spiro atoms. The Morgan fingerprint density at radius 3 is 2.64 bits per heavy atom. The summed E-state index contributed by atoms with van der Waals surface area (Å²) >= 11 is 1.60. The molecule has 0 aliphatic carbocycles. The number of hydrogen-bond donors (Lipinski definition) is 0. The van der Waals surface area contributed by atoms with Gasteiger partial charge < -0.3 is 4.74 Å². The van der Waals surface area contributed by atoms with E-state index < -0.39 is 5.97 Å². The quantitative estimate of drug-likeness (QED) is 0.632. The maximum absolute atomic E-state index is 12.4. The van der Waals surface area contributed by atoms with Crippen LogP contribution in [0.25, 0.3) is 0 Å². The van der Waals surface area contributed by atoms with Crippen LogP contribution in [0.3, 0.4) is 0 Å². The highest BCUT2D eigenvalue weighted by atomic mass is 32.2. The Balaban J connectivity index is 1.68. The number of rotatable bonds is 4. The molecule has 1 saturated heterocycles. The van der Waals surface area contributed by atoms with Crippen LogP contribution in [-0.4, -0.2) is 22.2 Å². The Hall–Kier alpha value is -1.75. The molecular formula is C17H19NO3S. The molecule has 5 heteroatoms. The molecule has 0 aromatic heterocycles. The molecule has 1 unspecified atom stereocenters. The average molecular weight is 317 g/mol. The number of nitrogens with zero attached hydrogens (tertiary/aromatic N) is 1. The smallest absolute Gasteiger partial charge is 0.356 e. The van der Waals surface area contributed by atoms with E-state index >= 15 is 0 Å². The lowest BCUT2D eigenvalue weighted by atomic mass is 9.86. The number of allylic oxidation sites excluding steroid dienone is 1. The van der Waals surface area contributed by atoms with Crippen molar-refractivity contribution < 1.29 is 14.3 Å². The van der Waals surface area contributed by atoms with Crippen molar-refractivity contribution in [2.45, 2.75) is 32.8 Å². The molecule has 2 aliphatic rings. The molecule has 0 bridgehead atoms. The van der Waals surface area contributed by atoms with E-state index in [9.17, 15) is 9.59 Å². The Bertz CT molecular complexity index is 639. The van der Waals surface area contributed by atoms with Crippen molar-refractivity contribution in [3.05, 3.63) is 46.5 Å². The van der Waals surface area contributed by atoms with E-state index in [0.717, 1.165) is 10.5 Å². The number of esters is 1. The predicted molar refractivity (Wildman–Crippen MR) is 85.5 cm³/mol. The minimum Gasteiger partial charge on any atom is -0.456 e. The van der Waals surface area contributed by atoms with Crippen LogP contribution in [0.4, 0.5) is 0 Å². The van der Waals surface area contributed by atoms with Gasteiger partial charge in [-0.3, -0.25) is 9.69 Å². The third-order valence-corrected chi connectivity index (χ3v) is 5.37. The van der Waals surface area contributed by atoms with Crippen LogP contribution in [0.2, 0.25) is 0 Å². The van der Waals surface area contributed by atoms with Gasteiger partial charge in [-0.15, -0.1) is 11.8 Å². The molecule has 0 saturated carbocycles. The summed E-state index contributed by atoms with van der Waals surface area (Å²) in [5, 5.41) is 0.0618.